The molecule has 3 N–H and O–H groups in total. The zero-order valence-corrected chi connectivity index (χ0v) is 9.33. The van der Waals surface area contributed by atoms with Gasteiger partial charge in [-0.15, -0.1) is 0 Å². The monoisotopic (exact) mass is 242 g/mol. The van der Waals surface area contributed by atoms with Crippen LogP contribution in [0.1, 0.15) is 6.92 Å². The molecule has 0 aromatic carbocycles. The van der Waals surface area contributed by atoms with Gasteiger partial charge in [0, 0.05) is 7.11 Å². The van der Waals surface area contributed by atoms with Gasteiger partial charge in [0.05, 0.1) is 12.7 Å². The number of phosphoric acid groups is 1. The van der Waals surface area contributed by atoms with Crippen LogP contribution in [0.5, 0.6) is 0 Å². The summed E-state index contributed by atoms with van der Waals surface area (Å²) in [6, 6.07) is 0. The van der Waals surface area contributed by atoms with Gasteiger partial charge < -0.3 is 24.4 Å². The lowest BCUT2D eigenvalue weighted by Gasteiger charge is -2.18. The average molecular weight is 242 g/mol. The molecule has 0 aliphatic carbocycles. The molecule has 7 nitrogen and oxygen atoms in total. The van der Waals surface area contributed by atoms with Crippen LogP contribution in [0.4, 0.5) is 0 Å². The number of aliphatic hydroxyl groups is 1. The molecule has 0 spiro atoms. The largest absolute Gasteiger partial charge is 0.469 e. The molecular formula is C7H15O7P. The molecular weight excluding hydrogens is 227 g/mol. The Labute approximate surface area is 87.2 Å². The Balaban J connectivity index is 2.52. The summed E-state index contributed by atoms with van der Waals surface area (Å²) in [5.41, 5.74) is 0. The second-order valence-corrected chi connectivity index (χ2v) is 4.60. The van der Waals surface area contributed by atoms with Crippen LogP contribution in [0.2, 0.25) is 0 Å². The lowest BCUT2D eigenvalue weighted by molar-refractivity contribution is -0.0337. The van der Waals surface area contributed by atoms with Gasteiger partial charge in [-0.1, -0.05) is 0 Å². The molecule has 1 aliphatic rings. The van der Waals surface area contributed by atoms with E-state index in [0.717, 1.165) is 0 Å². The second-order valence-electron chi connectivity index (χ2n) is 3.36. The van der Waals surface area contributed by atoms with Gasteiger partial charge in [-0.3, -0.25) is 4.52 Å². The molecule has 1 unspecified atom stereocenters. The van der Waals surface area contributed by atoms with Crippen molar-refractivity contribution in [2.75, 3.05) is 13.7 Å². The van der Waals surface area contributed by atoms with Crippen LogP contribution in [0, 0.1) is 0 Å². The van der Waals surface area contributed by atoms with Gasteiger partial charge in [0.2, 0.25) is 0 Å². The van der Waals surface area contributed by atoms with Gasteiger partial charge in [-0.05, 0) is 6.92 Å². The van der Waals surface area contributed by atoms with Crippen molar-refractivity contribution < 1.29 is 33.5 Å². The zero-order valence-electron chi connectivity index (χ0n) is 8.44. The van der Waals surface area contributed by atoms with Crippen molar-refractivity contribution in [1.29, 1.82) is 0 Å². The van der Waals surface area contributed by atoms with E-state index in [1.54, 1.807) is 6.92 Å². The Hall–Kier alpha value is -0.0100. The summed E-state index contributed by atoms with van der Waals surface area (Å²) in [6.45, 7) is 1.33. The van der Waals surface area contributed by atoms with Crippen LogP contribution in [0.3, 0.4) is 0 Å². The van der Waals surface area contributed by atoms with Crippen molar-refractivity contribution >= 4 is 7.82 Å². The number of methoxy groups -OCH3 is 1. The third kappa shape index (κ3) is 3.49. The standard InChI is InChI=1S/C7H15O7P/c1-4-6(8)7(12-2)5(14-4)3-13-15(9,10)11/h4-8H,3H2,1-2H3,(H2,9,10,11)/t4-,5+,6?,7-/m0/s1. The van der Waals surface area contributed by atoms with Crippen molar-refractivity contribution in [2.24, 2.45) is 0 Å². The van der Waals surface area contributed by atoms with Gasteiger partial charge >= 0.3 is 7.82 Å². The van der Waals surface area contributed by atoms with E-state index in [-0.39, 0.29) is 6.61 Å². The Morgan fingerprint density at radius 3 is 2.53 bits per heavy atom. The molecule has 1 fully saturated rings. The highest BCUT2D eigenvalue weighted by Gasteiger charge is 2.42. The fourth-order valence-electron chi connectivity index (χ4n) is 1.52. The molecule has 1 aliphatic heterocycles. The first-order valence-electron chi connectivity index (χ1n) is 4.41. The molecule has 0 radical (unpaired) electrons. The van der Waals surface area contributed by atoms with Crippen LogP contribution in [-0.2, 0) is 18.6 Å². The summed E-state index contributed by atoms with van der Waals surface area (Å²) in [4.78, 5) is 17.0. The molecule has 0 saturated carbocycles. The highest BCUT2D eigenvalue weighted by atomic mass is 31.2. The minimum atomic E-state index is -4.51. The maximum absolute atomic E-state index is 10.5. The summed E-state index contributed by atoms with van der Waals surface area (Å²) in [5, 5.41) is 9.56. The number of phosphoric ester groups is 1. The highest BCUT2D eigenvalue weighted by Crippen LogP contribution is 2.37. The van der Waals surface area contributed by atoms with E-state index < -0.39 is 32.2 Å². The van der Waals surface area contributed by atoms with Gasteiger partial charge in [0.25, 0.3) is 0 Å². The molecule has 1 saturated heterocycles. The first kappa shape index (κ1) is 13.1. The molecule has 15 heavy (non-hydrogen) atoms. The van der Waals surface area contributed by atoms with E-state index in [4.69, 9.17) is 19.3 Å². The van der Waals surface area contributed by atoms with E-state index in [9.17, 15) is 9.67 Å². The predicted molar refractivity (Wildman–Crippen MR) is 49.1 cm³/mol. The predicted octanol–water partition coefficient (Wildman–Crippen LogP) is -0.741. The van der Waals surface area contributed by atoms with Crippen molar-refractivity contribution in [3.8, 4) is 0 Å². The van der Waals surface area contributed by atoms with Crippen LogP contribution in [0.25, 0.3) is 0 Å². The smallest absolute Gasteiger partial charge is 0.388 e. The lowest BCUT2D eigenvalue weighted by Crippen LogP contribution is -2.35. The SMILES string of the molecule is CO[C@@H]1C(O)[C@H](C)O[C@@H]1COP(=O)(O)O. The van der Waals surface area contributed by atoms with Crippen molar-refractivity contribution in [3.63, 3.8) is 0 Å². The molecule has 1 rings (SSSR count). The number of ether oxygens (including phenoxy) is 2. The van der Waals surface area contributed by atoms with Gasteiger partial charge in [-0.2, -0.15) is 0 Å². The second kappa shape index (κ2) is 4.88. The molecule has 90 valence electrons. The van der Waals surface area contributed by atoms with Crippen LogP contribution >= 0.6 is 7.82 Å². The third-order valence-corrected chi connectivity index (χ3v) is 2.74. The van der Waals surface area contributed by atoms with Crippen molar-refractivity contribution in [3.05, 3.63) is 0 Å². The van der Waals surface area contributed by atoms with E-state index in [1.807, 2.05) is 0 Å². The molecule has 0 aromatic rings. The van der Waals surface area contributed by atoms with E-state index >= 15 is 0 Å². The Kier molecular flexibility index (Phi) is 4.25. The minimum absolute atomic E-state index is 0.315. The lowest BCUT2D eigenvalue weighted by atomic mass is 10.1. The Morgan fingerprint density at radius 1 is 1.47 bits per heavy atom. The Morgan fingerprint density at radius 2 is 2.07 bits per heavy atom. The molecule has 8 heteroatoms. The minimum Gasteiger partial charge on any atom is -0.388 e. The number of hydrogen-bond donors (Lipinski definition) is 3. The van der Waals surface area contributed by atoms with Crippen molar-refractivity contribution in [2.45, 2.75) is 31.3 Å². The highest BCUT2D eigenvalue weighted by molar-refractivity contribution is 7.46. The van der Waals surface area contributed by atoms with Gasteiger partial charge in [0.15, 0.2) is 0 Å². The third-order valence-electron chi connectivity index (χ3n) is 2.25. The first-order valence-corrected chi connectivity index (χ1v) is 5.94. The quantitative estimate of drug-likeness (QED) is 0.557. The van der Waals surface area contributed by atoms with Crippen molar-refractivity contribution in [1.82, 2.24) is 0 Å². The number of hydrogen-bond acceptors (Lipinski definition) is 5. The summed E-state index contributed by atoms with van der Waals surface area (Å²) >= 11 is 0. The normalized spacial score (nSPS) is 37.1. The van der Waals surface area contributed by atoms with E-state index in [0.29, 0.717) is 0 Å². The van der Waals surface area contributed by atoms with Crippen LogP contribution < -0.4 is 0 Å². The number of rotatable bonds is 4. The summed E-state index contributed by atoms with van der Waals surface area (Å²) in [5.74, 6) is 0. The molecule has 0 amide bonds. The van der Waals surface area contributed by atoms with Crippen LogP contribution in [-0.4, -0.2) is 53.0 Å². The summed E-state index contributed by atoms with van der Waals surface area (Å²) in [6.07, 6.45) is -2.57. The molecule has 4 atom stereocenters. The fourth-order valence-corrected chi connectivity index (χ4v) is 1.86. The molecule has 1 heterocycles. The first-order chi connectivity index (χ1) is 6.85. The van der Waals surface area contributed by atoms with Crippen LogP contribution in [0.15, 0.2) is 0 Å². The van der Waals surface area contributed by atoms with Gasteiger partial charge in [0.1, 0.15) is 18.3 Å². The fraction of sp³-hybridized carbons (Fsp3) is 1.00. The maximum atomic E-state index is 10.5. The number of aliphatic hydroxyl groups excluding tert-OH is 1. The summed E-state index contributed by atoms with van der Waals surface area (Å²) in [7, 11) is -3.12. The maximum Gasteiger partial charge on any atom is 0.469 e. The molecule has 0 bridgehead atoms. The van der Waals surface area contributed by atoms with E-state index in [2.05, 4.69) is 4.52 Å². The zero-order chi connectivity index (χ0) is 11.6. The molecule has 0 aromatic heterocycles. The average Bonchev–Trinajstić information content (AvgIpc) is 2.38. The van der Waals surface area contributed by atoms with E-state index in [1.165, 1.54) is 7.11 Å². The summed E-state index contributed by atoms with van der Waals surface area (Å²) < 4.78 is 24.9. The van der Waals surface area contributed by atoms with Gasteiger partial charge in [-0.25, -0.2) is 4.57 Å². The Bertz CT molecular complexity index is 252. The topological polar surface area (TPSA) is 105 Å².